The third-order valence-electron chi connectivity index (χ3n) is 4.22. The van der Waals surface area contributed by atoms with Crippen molar-refractivity contribution in [3.8, 4) is 0 Å². The van der Waals surface area contributed by atoms with Gasteiger partial charge in [-0.25, -0.2) is 12.8 Å². The molecule has 0 radical (unpaired) electrons. The predicted octanol–water partition coefficient (Wildman–Crippen LogP) is 2.97. The number of benzene rings is 2. The summed E-state index contributed by atoms with van der Waals surface area (Å²) in [5, 5.41) is 2.64. The number of hydrogen-bond acceptors (Lipinski definition) is 4. The number of carbonyl (C=O) groups is 1. The molecule has 138 valence electrons. The number of fused-ring (bicyclic) bond motifs is 1. The second-order valence-electron chi connectivity index (χ2n) is 6.29. The SMILES string of the molecule is CS(=O)(=O)Nc1ccc(C2=CC(=C3C(=O)Nc4cc(F)ccc43)OC2)cc1. The third kappa shape index (κ3) is 3.43. The molecule has 2 aliphatic heterocycles. The van der Waals surface area contributed by atoms with Crippen LogP contribution in [-0.4, -0.2) is 27.2 Å². The van der Waals surface area contributed by atoms with E-state index in [0.717, 1.165) is 17.4 Å². The minimum Gasteiger partial charge on any atom is -0.488 e. The zero-order valence-corrected chi connectivity index (χ0v) is 15.1. The fourth-order valence-corrected chi connectivity index (χ4v) is 3.63. The van der Waals surface area contributed by atoms with Gasteiger partial charge in [-0.15, -0.1) is 0 Å². The van der Waals surface area contributed by atoms with Gasteiger partial charge in [0.05, 0.1) is 17.5 Å². The lowest BCUT2D eigenvalue weighted by Gasteiger charge is -2.05. The van der Waals surface area contributed by atoms with E-state index in [4.69, 9.17) is 4.74 Å². The molecule has 27 heavy (non-hydrogen) atoms. The van der Waals surface area contributed by atoms with Crippen LogP contribution < -0.4 is 10.0 Å². The smallest absolute Gasteiger partial charge is 0.260 e. The number of carbonyl (C=O) groups excluding carboxylic acids is 1. The van der Waals surface area contributed by atoms with Crippen LogP contribution in [0.5, 0.6) is 0 Å². The summed E-state index contributed by atoms with van der Waals surface area (Å²) in [6.07, 6.45) is 2.86. The molecule has 4 rings (SSSR count). The largest absolute Gasteiger partial charge is 0.488 e. The topological polar surface area (TPSA) is 84.5 Å². The molecule has 0 unspecified atom stereocenters. The molecule has 0 aromatic heterocycles. The number of nitrogens with one attached hydrogen (secondary N) is 2. The molecule has 0 atom stereocenters. The van der Waals surface area contributed by atoms with Gasteiger partial charge in [-0.2, -0.15) is 0 Å². The van der Waals surface area contributed by atoms with Crippen molar-refractivity contribution in [2.75, 3.05) is 22.9 Å². The molecule has 2 heterocycles. The van der Waals surface area contributed by atoms with Crippen molar-refractivity contribution in [2.45, 2.75) is 0 Å². The Bertz CT molecular complexity index is 1120. The van der Waals surface area contributed by atoms with E-state index >= 15 is 0 Å². The summed E-state index contributed by atoms with van der Waals surface area (Å²) >= 11 is 0. The van der Waals surface area contributed by atoms with Crippen LogP contribution in [0.4, 0.5) is 15.8 Å². The zero-order valence-electron chi connectivity index (χ0n) is 14.2. The van der Waals surface area contributed by atoms with Gasteiger partial charge in [-0.1, -0.05) is 12.1 Å². The number of rotatable bonds is 3. The number of halogens is 1. The Morgan fingerprint density at radius 1 is 1.15 bits per heavy atom. The highest BCUT2D eigenvalue weighted by Gasteiger charge is 2.30. The van der Waals surface area contributed by atoms with Crippen LogP contribution in [0.1, 0.15) is 11.1 Å². The minimum atomic E-state index is -3.33. The summed E-state index contributed by atoms with van der Waals surface area (Å²) in [6, 6.07) is 11.0. The lowest BCUT2D eigenvalue weighted by molar-refractivity contribution is -0.110. The van der Waals surface area contributed by atoms with E-state index in [-0.39, 0.29) is 12.5 Å². The molecule has 0 saturated heterocycles. The van der Waals surface area contributed by atoms with Gasteiger partial charge in [-0.05, 0) is 42.0 Å². The molecule has 2 N–H and O–H groups in total. The second-order valence-corrected chi connectivity index (χ2v) is 8.04. The van der Waals surface area contributed by atoms with Crippen LogP contribution >= 0.6 is 0 Å². The summed E-state index contributed by atoms with van der Waals surface area (Å²) in [6.45, 7) is 0.279. The van der Waals surface area contributed by atoms with Crippen molar-refractivity contribution in [1.29, 1.82) is 0 Å². The first-order chi connectivity index (χ1) is 12.8. The molecular formula is C19H15FN2O4S. The van der Waals surface area contributed by atoms with Crippen LogP contribution in [0, 0.1) is 5.82 Å². The van der Waals surface area contributed by atoms with Gasteiger partial charge in [-0.3, -0.25) is 9.52 Å². The quantitative estimate of drug-likeness (QED) is 0.795. The van der Waals surface area contributed by atoms with Gasteiger partial charge in [0, 0.05) is 16.8 Å². The first-order valence-corrected chi connectivity index (χ1v) is 9.96. The molecule has 6 nitrogen and oxygen atoms in total. The highest BCUT2D eigenvalue weighted by molar-refractivity contribution is 7.92. The molecule has 2 aromatic rings. The van der Waals surface area contributed by atoms with Gasteiger partial charge in [0.2, 0.25) is 10.0 Å². The maximum atomic E-state index is 13.4. The molecule has 0 aliphatic carbocycles. The molecule has 0 fully saturated rings. The van der Waals surface area contributed by atoms with Crippen LogP contribution in [0.2, 0.25) is 0 Å². The van der Waals surface area contributed by atoms with Crippen molar-refractivity contribution in [3.63, 3.8) is 0 Å². The molecular weight excluding hydrogens is 371 g/mol. The lowest BCUT2D eigenvalue weighted by atomic mass is 10.0. The summed E-state index contributed by atoms with van der Waals surface area (Å²) in [5.41, 5.74) is 3.56. The van der Waals surface area contributed by atoms with E-state index in [2.05, 4.69) is 10.0 Å². The highest BCUT2D eigenvalue weighted by Crippen LogP contribution is 2.38. The monoisotopic (exact) mass is 386 g/mol. The molecule has 0 spiro atoms. The van der Waals surface area contributed by atoms with Gasteiger partial charge in [0.25, 0.3) is 5.91 Å². The Balaban J connectivity index is 1.66. The molecule has 1 amide bonds. The van der Waals surface area contributed by atoms with E-state index in [1.54, 1.807) is 36.4 Å². The fourth-order valence-electron chi connectivity index (χ4n) is 3.06. The second kappa shape index (κ2) is 6.24. The maximum absolute atomic E-state index is 13.4. The molecule has 0 saturated carbocycles. The van der Waals surface area contributed by atoms with E-state index in [9.17, 15) is 17.6 Å². The molecule has 2 aromatic carbocycles. The van der Waals surface area contributed by atoms with E-state index in [1.807, 2.05) is 0 Å². The van der Waals surface area contributed by atoms with E-state index in [1.165, 1.54) is 12.1 Å². The van der Waals surface area contributed by atoms with Crippen molar-refractivity contribution in [2.24, 2.45) is 0 Å². The summed E-state index contributed by atoms with van der Waals surface area (Å²) in [4.78, 5) is 12.3. The zero-order chi connectivity index (χ0) is 19.2. The van der Waals surface area contributed by atoms with Gasteiger partial charge < -0.3 is 10.1 Å². The van der Waals surface area contributed by atoms with E-state index < -0.39 is 15.8 Å². The Hall–Kier alpha value is -3.13. The maximum Gasteiger partial charge on any atom is 0.260 e. The van der Waals surface area contributed by atoms with Crippen LogP contribution in [0.3, 0.4) is 0 Å². The standard InChI is InChI=1S/C19H15FN2O4S/c1-27(24,25)22-14-5-2-11(3-6-14)12-8-17(26-10-12)18-15-7-4-13(20)9-16(15)21-19(18)23/h2-9,22H,10H2,1H3,(H,21,23). The first kappa shape index (κ1) is 17.3. The van der Waals surface area contributed by atoms with Crippen LogP contribution in [0.15, 0.2) is 54.3 Å². The van der Waals surface area contributed by atoms with Crippen molar-refractivity contribution in [3.05, 3.63) is 71.2 Å². The Labute approximate surface area is 155 Å². The van der Waals surface area contributed by atoms with Crippen LogP contribution in [-0.2, 0) is 19.6 Å². The Kier molecular flexibility index (Phi) is 4.00. The van der Waals surface area contributed by atoms with Crippen molar-refractivity contribution in [1.82, 2.24) is 0 Å². The molecule has 0 bridgehead atoms. The first-order valence-electron chi connectivity index (χ1n) is 8.07. The van der Waals surface area contributed by atoms with Gasteiger partial charge in [0.1, 0.15) is 18.2 Å². The number of sulfonamides is 1. The third-order valence-corrected chi connectivity index (χ3v) is 4.83. The number of allylic oxidation sites excluding steroid dienone is 1. The highest BCUT2D eigenvalue weighted by atomic mass is 32.2. The summed E-state index contributed by atoms with van der Waals surface area (Å²) in [7, 11) is -3.33. The number of hydrogen-bond donors (Lipinski definition) is 2. The lowest BCUT2D eigenvalue weighted by Crippen LogP contribution is -2.09. The number of ether oxygens (including phenoxy) is 1. The average molecular weight is 386 g/mol. The summed E-state index contributed by atoms with van der Waals surface area (Å²) in [5.74, 6) is -0.339. The predicted molar refractivity (Wildman–Crippen MR) is 101 cm³/mol. The van der Waals surface area contributed by atoms with E-state index in [0.29, 0.717) is 28.3 Å². The van der Waals surface area contributed by atoms with Crippen molar-refractivity contribution < 1.29 is 22.3 Å². The molecule has 2 aliphatic rings. The molecule has 8 heteroatoms. The average Bonchev–Trinajstić information content (AvgIpc) is 3.17. The summed E-state index contributed by atoms with van der Waals surface area (Å²) < 4.78 is 44.0. The van der Waals surface area contributed by atoms with Crippen LogP contribution in [0.25, 0.3) is 11.1 Å². The number of amides is 1. The Morgan fingerprint density at radius 2 is 1.89 bits per heavy atom. The van der Waals surface area contributed by atoms with Gasteiger partial charge >= 0.3 is 0 Å². The fraction of sp³-hybridized carbons (Fsp3) is 0.105. The van der Waals surface area contributed by atoms with Crippen molar-refractivity contribution >= 4 is 38.5 Å². The minimum absolute atomic E-state index is 0.279. The Morgan fingerprint density at radius 3 is 2.59 bits per heavy atom. The normalized spacial score (nSPS) is 18.6. The van der Waals surface area contributed by atoms with Gasteiger partial charge in [0.15, 0.2) is 0 Å². The number of anilines is 2.